The van der Waals surface area contributed by atoms with Crippen LogP contribution in [0, 0.1) is 24.0 Å². The molecule has 0 saturated carbocycles. The Morgan fingerprint density at radius 3 is 2.23 bits per heavy atom. The number of sulfonamides is 1. The van der Waals surface area contributed by atoms with Gasteiger partial charge in [0.2, 0.25) is 0 Å². The Kier molecular flexibility index (Phi) is 5.84. The van der Waals surface area contributed by atoms with Crippen LogP contribution in [0.3, 0.4) is 0 Å². The van der Waals surface area contributed by atoms with Crippen molar-refractivity contribution >= 4 is 33.0 Å². The summed E-state index contributed by atoms with van der Waals surface area (Å²) in [5, 5.41) is 13.7. The minimum atomic E-state index is -3.79. The number of hydrogen-bond acceptors (Lipinski definition) is 5. The predicted molar refractivity (Wildman–Crippen MR) is 114 cm³/mol. The highest BCUT2D eigenvalue weighted by Crippen LogP contribution is 2.22. The van der Waals surface area contributed by atoms with E-state index in [1.807, 2.05) is 6.07 Å². The number of aryl methyl sites for hydroxylation is 2. The minimum Gasteiger partial charge on any atom is -0.322 e. The molecule has 3 aromatic carbocycles. The van der Waals surface area contributed by atoms with Crippen molar-refractivity contribution < 1.29 is 18.1 Å². The monoisotopic (exact) mass is 425 g/mol. The molecule has 0 aliphatic carbocycles. The molecule has 0 aliphatic heterocycles. The number of benzene rings is 3. The number of nitrogens with one attached hydrogen (secondary N) is 2. The smallest absolute Gasteiger partial charge is 0.273 e. The Hall–Kier alpha value is -3.72. The van der Waals surface area contributed by atoms with Crippen LogP contribution in [0.15, 0.2) is 71.6 Å². The zero-order chi connectivity index (χ0) is 21.9. The van der Waals surface area contributed by atoms with Gasteiger partial charge in [0.05, 0.1) is 15.5 Å². The topological polar surface area (TPSA) is 118 Å². The Balaban J connectivity index is 1.76. The van der Waals surface area contributed by atoms with Crippen LogP contribution in [0.5, 0.6) is 0 Å². The summed E-state index contributed by atoms with van der Waals surface area (Å²) in [4.78, 5) is 22.9. The molecule has 9 heteroatoms. The Morgan fingerprint density at radius 2 is 1.60 bits per heavy atom. The standard InChI is InChI=1S/C21H19N3O5S/c1-14-5-3-4-6-19(14)23-30(28,29)18-11-9-17(10-12-18)22-21(25)16-8-7-15(2)20(13-16)24(26)27/h3-13,23H,1-2H3,(H,22,25). The lowest BCUT2D eigenvalue weighted by Gasteiger charge is -2.11. The van der Waals surface area contributed by atoms with E-state index >= 15 is 0 Å². The van der Waals surface area contributed by atoms with Crippen LogP contribution >= 0.6 is 0 Å². The van der Waals surface area contributed by atoms with Gasteiger partial charge < -0.3 is 5.32 Å². The van der Waals surface area contributed by atoms with E-state index in [0.29, 0.717) is 16.9 Å². The molecule has 0 radical (unpaired) electrons. The highest BCUT2D eigenvalue weighted by Gasteiger charge is 2.17. The number of para-hydroxylation sites is 1. The van der Waals surface area contributed by atoms with E-state index in [4.69, 9.17) is 0 Å². The van der Waals surface area contributed by atoms with Crippen molar-refractivity contribution in [1.82, 2.24) is 0 Å². The molecule has 3 aromatic rings. The third-order valence-corrected chi connectivity index (χ3v) is 5.86. The van der Waals surface area contributed by atoms with Crippen LogP contribution < -0.4 is 10.0 Å². The van der Waals surface area contributed by atoms with Crippen LogP contribution in [0.4, 0.5) is 17.1 Å². The SMILES string of the molecule is Cc1ccccc1NS(=O)(=O)c1ccc(NC(=O)c2ccc(C)c([N+](=O)[O-])c2)cc1. The third-order valence-electron chi connectivity index (χ3n) is 4.48. The summed E-state index contributed by atoms with van der Waals surface area (Å²) in [6.07, 6.45) is 0. The molecule has 3 rings (SSSR count). The van der Waals surface area contributed by atoms with Gasteiger partial charge in [0.15, 0.2) is 0 Å². The highest BCUT2D eigenvalue weighted by atomic mass is 32.2. The molecule has 0 aliphatic rings. The van der Waals surface area contributed by atoms with Crippen LogP contribution in [0.2, 0.25) is 0 Å². The molecule has 0 spiro atoms. The fraction of sp³-hybridized carbons (Fsp3) is 0.0952. The molecule has 2 N–H and O–H groups in total. The number of nitro benzene ring substituents is 1. The van der Waals surface area contributed by atoms with Crippen molar-refractivity contribution in [3.05, 3.63) is 93.5 Å². The van der Waals surface area contributed by atoms with Crippen LogP contribution in [-0.2, 0) is 10.0 Å². The summed E-state index contributed by atoms with van der Waals surface area (Å²) >= 11 is 0. The van der Waals surface area contributed by atoms with E-state index in [1.54, 1.807) is 32.0 Å². The molecule has 0 heterocycles. The van der Waals surface area contributed by atoms with Crippen LogP contribution in [0.25, 0.3) is 0 Å². The molecular weight excluding hydrogens is 406 g/mol. The van der Waals surface area contributed by atoms with E-state index in [2.05, 4.69) is 10.0 Å². The van der Waals surface area contributed by atoms with Crippen LogP contribution in [-0.4, -0.2) is 19.2 Å². The zero-order valence-electron chi connectivity index (χ0n) is 16.2. The first kappa shape index (κ1) is 21.0. The van der Waals surface area contributed by atoms with Gasteiger partial charge in [0.1, 0.15) is 0 Å². The second kappa shape index (κ2) is 8.34. The van der Waals surface area contributed by atoms with Gasteiger partial charge in [-0.15, -0.1) is 0 Å². The second-order valence-corrected chi connectivity index (χ2v) is 8.34. The molecule has 0 unspecified atom stereocenters. The average molecular weight is 425 g/mol. The van der Waals surface area contributed by atoms with Gasteiger partial charge in [0, 0.05) is 22.9 Å². The Bertz CT molecular complexity index is 1220. The molecule has 0 atom stereocenters. The van der Waals surface area contributed by atoms with Crippen molar-refractivity contribution in [2.75, 3.05) is 10.0 Å². The van der Waals surface area contributed by atoms with Gasteiger partial charge in [-0.05, 0) is 55.8 Å². The van der Waals surface area contributed by atoms with Crippen LogP contribution in [0.1, 0.15) is 21.5 Å². The normalized spacial score (nSPS) is 11.0. The number of nitro groups is 1. The summed E-state index contributed by atoms with van der Waals surface area (Å²) in [5.41, 5.74) is 2.06. The highest BCUT2D eigenvalue weighted by molar-refractivity contribution is 7.92. The third kappa shape index (κ3) is 4.64. The van der Waals surface area contributed by atoms with Gasteiger partial charge in [-0.3, -0.25) is 19.6 Å². The van der Waals surface area contributed by atoms with Crippen molar-refractivity contribution in [2.24, 2.45) is 0 Å². The van der Waals surface area contributed by atoms with E-state index in [-0.39, 0.29) is 16.1 Å². The largest absolute Gasteiger partial charge is 0.322 e. The van der Waals surface area contributed by atoms with Crippen molar-refractivity contribution in [3.63, 3.8) is 0 Å². The predicted octanol–water partition coefficient (Wildman–Crippen LogP) is 4.26. The first-order valence-electron chi connectivity index (χ1n) is 8.92. The fourth-order valence-electron chi connectivity index (χ4n) is 2.76. The lowest BCUT2D eigenvalue weighted by Crippen LogP contribution is -2.15. The molecule has 0 saturated heterocycles. The van der Waals surface area contributed by atoms with E-state index < -0.39 is 20.9 Å². The number of amides is 1. The zero-order valence-corrected chi connectivity index (χ0v) is 17.1. The average Bonchev–Trinajstić information content (AvgIpc) is 2.70. The summed E-state index contributed by atoms with van der Waals surface area (Å²) < 4.78 is 27.7. The maximum atomic E-state index is 12.6. The van der Waals surface area contributed by atoms with Crippen molar-refractivity contribution in [1.29, 1.82) is 0 Å². The molecule has 1 amide bonds. The minimum absolute atomic E-state index is 0.0368. The summed E-state index contributed by atoms with van der Waals surface area (Å²) in [6.45, 7) is 3.38. The van der Waals surface area contributed by atoms with E-state index in [0.717, 1.165) is 5.56 Å². The van der Waals surface area contributed by atoms with Crippen molar-refractivity contribution in [2.45, 2.75) is 18.7 Å². The second-order valence-electron chi connectivity index (χ2n) is 6.66. The first-order chi connectivity index (χ1) is 14.2. The molecule has 0 bridgehead atoms. The fourth-order valence-corrected chi connectivity index (χ4v) is 3.89. The molecule has 0 aromatic heterocycles. The van der Waals surface area contributed by atoms with Gasteiger partial charge in [-0.1, -0.05) is 24.3 Å². The lowest BCUT2D eigenvalue weighted by molar-refractivity contribution is -0.385. The number of carbonyl (C=O) groups excluding carboxylic acids is 1. The Labute approximate surface area is 173 Å². The van der Waals surface area contributed by atoms with Gasteiger partial charge in [0.25, 0.3) is 21.6 Å². The lowest BCUT2D eigenvalue weighted by atomic mass is 10.1. The molecule has 8 nitrogen and oxygen atoms in total. The van der Waals surface area contributed by atoms with Gasteiger partial charge >= 0.3 is 0 Å². The molecular formula is C21H19N3O5S. The van der Waals surface area contributed by atoms with Gasteiger partial charge in [-0.2, -0.15) is 0 Å². The number of anilines is 2. The number of nitrogens with zero attached hydrogens (tertiary/aromatic N) is 1. The molecule has 0 fully saturated rings. The summed E-state index contributed by atoms with van der Waals surface area (Å²) in [6, 6.07) is 16.8. The first-order valence-corrected chi connectivity index (χ1v) is 10.4. The maximum Gasteiger partial charge on any atom is 0.273 e. The quantitative estimate of drug-likeness (QED) is 0.452. The Morgan fingerprint density at radius 1 is 0.933 bits per heavy atom. The van der Waals surface area contributed by atoms with Crippen molar-refractivity contribution in [3.8, 4) is 0 Å². The number of rotatable bonds is 6. The van der Waals surface area contributed by atoms with Gasteiger partial charge in [-0.25, -0.2) is 8.42 Å². The molecule has 30 heavy (non-hydrogen) atoms. The molecule has 154 valence electrons. The maximum absolute atomic E-state index is 12.6. The summed E-state index contributed by atoms with van der Waals surface area (Å²) in [5.74, 6) is -0.535. The number of carbonyl (C=O) groups is 1. The summed E-state index contributed by atoms with van der Waals surface area (Å²) in [7, 11) is -3.79. The van der Waals surface area contributed by atoms with E-state index in [1.165, 1.54) is 42.5 Å². The number of hydrogen-bond donors (Lipinski definition) is 2. The van der Waals surface area contributed by atoms with E-state index in [9.17, 15) is 23.3 Å².